The second kappa shape index (κ2) is 6.47. The summed E-state index contributed by atoms with van der Waals surface area (Å²) in [6, 6.07) is 4.25. The van der Waals surface area contributed by atoms with Crippen molar-refractivity contribution in [3.05, 3.63) is 35.4 Å². The molecule has 118 valence electrons. The number of nitrogens with one attached hydrogen (secondary N) is 1. The van der Waals surface area contributed by atoms with E-state index in [2.05, 4.69) is 5.32 Å². The fourth-order valence-electron chi connectivity index (χ4n) is 2.02. The molecule has 1 amide bonds. The van der Waals surface area contributed by atoms with Gasteiger partial charge in [-0.25, -0.2) is 0 Å². The zero-order valence-electron chi connectivity index (χ0n) is 12.3. The maximum atomic E-state index is 12.9. The van der Waals surface area contributed by atoms with Crippen LogP contribution in [-0.2, 0) is 6.18 Å². The molecule has 0 saturated carbocycles. The molecule has 0 aliphatic heterocycles. The summed E-state index contributed by atoms with van der Waals surface area (Å²) in [4.78, 5) is 12.2. The number of hydrogen-bond donors (Lipinski definition) is 2. The average Bonchev–Trinajstić information content (AvgIpc) is 2.36. The highest BCUT2D eigenvalue weighted by Gasteiger charge is 2.35. The van der Waals surface area contributed by atoms with Gasteiger partial charge in [-0.3, -0.25) is 4.79 Å². The van der Waals surface area contributed by atoms with E-state index in [-0.39, 0.29) is 18.4 Å². The molecule has 3 nitrogen and oxygen atoms in total. The minimum Gasteiger partial charge on any atom is -0.396 e. The Morgan fingerprint density at radius 2 is 1.81 bits per heavy atom. The van der Waals surface area contributed by atoms with Gasteiger partial charge < -0.3 is 10.4 Å². The number of carbonyl (C=O) groups excluding carboxylic acids is 1. The number of alkyl halides is 3. The van der Waals surface area contributed by atoms with Crippen LogP contribution in [0.4, 0.5) is 13.2 Å². The van der Waals surface area contributed by atoms with Crippen LogP contribution in [0.2, 0.25) is 0 Å². The van der Waals surface area contributed by atoms with Gasteiger partial charge in [-0.15, -0.1) is 0 Å². The molecule has 0 aliphatic carbocycles. The molecule has 0 radical (unpaired) electrons. The number of benzene rings is 1. The number of aliphatic hydroxyl groups excluding tert-OH is 1. The summed E-state index contributed by atoms with van der Waals surface area (Å²) in [5.41, 5.74) is -1.73. The van der Waals surface area contributed by atoms with Crippen molar-refractivity contribution in [3.8, 4) is 0 Å². The lowest BCUT2D eigenvalue weighted by molar-refractivity contribution is -0.137. The molecule has 1 atom stereocenters. The smallest absolute Gasteiger partial charge is 0.396 e. The molecule has 6 heteroatoms. The summed E-state index contributed by atoms with van der Waals surface area (Å²) in [6.07, 6.45) is -4.30. The van der Waals surface area contributed by atoms with Crippen LogP contribution in [0, 0.1) is 5.41 Å². The Bertz CT molecular complexity index is 492. The van der Waals surface area contributed by atoms with Gasteiger partial charge in [0.05, 0.1) is 11.1 Å². The predicted octanol–water partition coefficient (Wildman–Crippen LogP) is 3.23. The van der Waals surface area contributed by atoms with Crippen molar-refractivity contribution >= 4 is 5.91 Å². The topological polar surface area (TPSA) is 49.3 Å². The number of carbonyl (C=O) groups is 1. The molecule has 0 spiro atoms. The SMILES string of the molecule is CC(C)(C)C(CCO)NC(=O)c1ccccc1C(F)(F)F. The zero-order valence-corrected chi connectivity index (χ0v) is 12.3. The van der Waals surface area contributed by atoms with Crippen molar-refractivity contribution in [1.29, 1.82) is 0 Å². The van der Waals surface area contributed by atoms with Gasteiger partial charge in [0.2, 0.25) is 0 Å². The van der Waals surface area contributed by atoms with Gasteiger partial charge in [0.1, 0.15) is 0 Å². The van der Waals surface area contributed by atoms with Gasteiger partial charge in [-0.05, 0) is 24.0 Å². The van der Waals surface area contributed by atoms with E-state index < -0.39 is 29.3 Å². The fraction of sp³-hybridized carbons (Fsp3) is 0.533. The van der Waals surface area contributed by atoms with E-state index in [1.54, 1.807) is 0 Å². The Morgan fingerprint density at radius 3 is 2.29 bits per heavy atom. The molecular formula is C15H20F3NO2. The quantitative estimate of drug-likeness (QED) is 0.897. The predicted molar refractivity (Wildman–Crippen MR) is 73.9 cm³/mol. The highest BCUT2D eigenvalue weighted by Crippen LogP contribution is 2.32. The fourth-order valence-corrected chi connectivity index (χ4v) is 2.02. The van der Waals surface area contributed by atoms with Crippen molar-refractivity contribution in [2.75, 3.05) is 6.61 Å². The third-order valence-electron chi connectivity index (χ3n) is 3.25. The summed E-state index contributed by atoms with van der Waals surface area (Å²) < 4.78 is 38.7. The first kappa shape index (κ1) is 17.5. The molecule has 1 unspecified atom stereocenters. The summed E-state index contributed by atoms with van der Waals surface area (Å²) >= 11 is 0. The summed E-state index contributed by atoms with van der Waals surface area (Å²) in [7, 11) is 0. The maximum absolute atomic E-state index is 12.9. The monoisotopic (exact) mass is 303 g/mol. The van der Waals surface area contributed by atoms with E-state index in [0.717, 1.165) is 12.1 Å². The summed E-state index contributed by atoms with van der Waals surface area (Å²) in [5, 5.41) is 11.6. The molecular weight excluding hydrogens is 283 g/mol. The molecule has 0 aromatic heterocycles. The van der Waals surface area contributed by atoms with Crippen molar-refractivity contribution in [3.63, 3.8) is 0 Å². The standard InChI is InChI=1S/C15H20F3NO2/c1-14(2,3)12(8-9-20)19-13(21)10-6-4-5-7-11(10)15(16,17)18/h4-7,12,20H,8-9H2,1-3H3,(H,19,21). The van der Waals surface area contributed by atoms with Gasteiger partial charge in [0.25, 0.3) is 5.91 Å². The van der Waals surface area contributed by atoms with Crippen LogP contribution in [-0.4, -0.2) is 23.7 Å². The van der Waals surface area contributed by atoms with E-state index in [1.165, 1.54) is 12.1 Å². The Morgan fingerprint density at radius 1 is 1.24 bits per heavy atom. The lowest BCUT2D eigenvalue weighted by atomic mass is 9.84. The van der Waals surface area contributed by atoms with Gasteiger partial charge in [-0.2, -0.15) is 13.2 Å². The number of rotatable bonds is 4. The van der Waals surface area contributed by atoms with Crippen LogP contribution in [0.15, 0.2) is 24.3 Å². The van der Waals surface area contributed by atoms with Crippen molar-refractivity contribution in [1.82, 2.24) is 5.32 Å². The highest BCUT2D eigenvalue weighted by atomic mass is 19.4. The molecule has 21 heavy (non-hydrogen) atoms. The molecule has 1 aromatic rings. The molecule has 0 heterocycles. The van der Waals surface area contributed by atoms with Gasteiger partial charge in [0.15, 0.2) is 0 Å². The number of amides is 1. The van der Waals surface area contributed by atoms with Crippen LogP contribution < -0.4 is 5.32 Å². The summed E-state index contributed by atoms with van der Waals surface area (Å²) in [6.45, 7) is 5.40. The van der Waals surface area contributed by atoms with Crippen molar-refractivity contribution < 1.29 is 23.1 Å². The first-order chi connectivity index (χ1) is 9.57. The van der Waals surface area contributed by atoms with E-state index in [9.17, 15) is 18.0 Å². The largest absolute Gasteiger partial charge is 0.417 e. The molecule has 0 saturated heterocycles. The number of hydrogen-bond acceptors (Lipinski definition) is 2. The van der Waals surface area contributed by atoms with Gasteiger partial charge in [-0.1, -0.05) is 32.9 Å². The lowest BCUT2D eigenvalue weighted by Gasteiger charge is -2.31. The molecule has 1 rings (SSSR count). The number of aliphatic hydroxyl groups is 1. The molecule has 0 aliphatic rings. The summed E-state index contributed by atoms with van der Waals surface area (Å²) in [5.74, 6) is -0.781. The third-order valence-corrected chi connectivity index (χ3v) is 3.25. The van der Waals surface area contributed by atoms with E-state index in [4.69, 9.17) is 5.11 Å². The van der Waals surface area contributed by atoms with Crippen LogP contribution in [0.25, 0.3) is 0 Å². The highest BCUT2D eigenvalue weighted by molar-refractivity contribution is 5.96. The van der Waals surface area contributed by atoms with Gasteiger partial charge in [0, 0.05) is 12.6 Å². The van der Waals surface area contributed by atoms with Gasteiger partial charge >= 0.3 is 6.18 Å². The normalized spacial score (nSPS) is 13.9. The second-order valence-electron chi connectivity index (χ2n) is 5.95. The first-order valence-corrected chi connectivity index (χ1v) is 6.65. The molecule has 1 aromatic carbocycles. The van der Waals surface area contributed by atoms with Crippen molar-refractivity contribution in [2.24, 2.45) is 5.41 Å². The zero-order chi connectivity index (χ0) is 16.3. The van der Waals surface area contributed by atoms with Crippen LogP contribution in [0.5, 0.6) is 0 Å². The number of halogens is 3. The van der Waals surface area contributed by atoms with E-state index in [1.807, 2.05) is 20.8 Å². The Balaban J connectivity index is 3.04. The Hall–Kier alpha value is -1.56. The van der Waals surface area contributed by atoms with Crippen LogP contribution >= 0.6 is 0 Å². The minimum absolute atomic E-state index is 0.150. The lowest BCUT2D eigenvalue weighted by Crippen LogP contribution is -2.44. The molecule has 0 bridgehead atoms. The Kier molecular flexibility index (Phi) is 5.39. The van der Waals surface area contributed by atoms with Crippen LogP contribution in [0.3, 0.4) is 0 Å². The Labute approximate surface area is 122 Å². The minimum atomic E-state index is -4.58. The van der Waals surface area contributed by atoms with E-state index >= 15 is 0 Å². The van der Waals surface area contributed by atoms with Crippen molar-refractivity contribution in [2.45, 2.75) is 39.4 Å². The average molecular weight is 303 g/mol. The second-order valence-corrected chi connectivity index (χ2v) is 5.95. The van der Waals surface area contributed by atoms with E-state index in [0.29, 0.717) is 0 Å². The third kappa shape index (κ3) is 4.74. The first-order valence-electron chi connectivity index (χ1n) is 6.65. The molecule has 2 N–H and O–H groups in total. The molecule has 0 fully saturated rings. The van der Waals surface area contributed by atoms with Crippen LogP contribution in [0.1, 0.15) is 43.1 Å². The maximum Gasteiger partial charge on any atom is 0.417 e.